The number of hydrogen-bond donors (Lipinski definition) is 1. The van der Waals surface area contributed by atoms with Gasteiger partial charge in [-0.25, -0.2) is 16.8 Å². The molecule has 202 valence electrons. The van der Waals surface area contributed by atoms with Crippen molar-refractivity contribution in [3.63, 3.8) is 0 Å². The third-order valence-corrected chi connectivity index (χ3v) is 10.8. The summed E-state index contributed by atoms with van der Waals surface area (Å²) < 4.78 is 61.7. The standard InChI is InChI=1S/C26H35N3O6S2/c1-28(22-11-6-3-7-12-22)36(31,32)24-14-16-25(17-15-24)37(33,34)29(19-23-13-8-18-35-23)20-26(30)27-21-9-4-2-5-10-21/h2,4-5,9-10,14-17,22-23H,3,6-8,11-13,18-20H2,1H3,(H,27,30). The van der Waals surface area contributed by atoms with E-state index in [4.69, 9.17) is 4.74 Å². The van der Waals surface area contributed by atoms with Crippen LogP contribution in [0.25, 0.3) is 0 Å². The number of hydrogen-bond acceptors (Lipinski definition) is 6. The molecule has 2 aromatic rings. The molecule has 2 aromatic carbocycles. The highest BCUT2D eigenvalue weighted by Crippen LogP contribution is 2.28. The molecule has 11 heteroatoms. The summed E-state index contributed by atoms with van der Waals surface area (Å²) in [6, 6.07) is 14.0. The van der Waals surface area contributed by atoms with Crippen LogP contribution in [0.5, 0.6) is 0 Å². The minimum atomic E-state index is -4.09. The summed E-state index contributed by atoms with van der Waals surface area (Å²) in [5, 5.41) is 2.72. The first-order valence-corrected chi connectivity index (χ1v) is 15.6. The van der Waals surface area contributed by atoms with Crippen LogP contribution in [-0.2, 0) is 29.6 Å². The maximum atomic E-state index is 13.6. The number of para-hydroxylation sites is 1. The number of rotatable bonds is 10. The molecule has 0 spiro atoms. The van der Waals surface area contributed by atoms with E-state index in [1.165, 1.54) is 28.6 Å². The molecule has 9 nitrogen and oxygen atoms in total. The Labute approximate surface area is 219 Å². The van der Waals surface area contributed by atoms with Gasteiger partial charge in [0.1, 0.15) is 0 Å². The number of carbonyl (C=O) groups excluding carboxylic acids is 1. The van der Waals surface area contributed by atoms with Crippen molar-refractivity contribution in [2.24, 2.45) is 0 Å². The fourth-order valence-electron chi connectivity index (χ4n) is 4.89. The lowest BCUT2D eigenvalue weighted by molar-refractivity contribution is -0.116. The Morgan fingerprint density at radius 3 is 2.08 bits per heavy atom. The summed E-state index contributed by atoms with van der Waals surface area (Å²) in [6.45, 7) is 0.201. The monoisotopic (exact) mass is 549 g/mol. The molecule has 1 saturated heterocycles. The molecule has 1 atom stereocenters. The summed E-state index contributed by atoms with van der Waals surface area (Å²) in [6.07, 6.45) is 6.00. The van der Waals surface area contributed by atoms with Crippen molar-refractivity contribution >= 4 is 31.6 Å². The van der Waals surface area contributed by atoms with Gasteiger partial charge in [-0.15, -0.1) is 0 Å². The number of sulfonamides is 2. The SMILES string of the molecule is CN(C1CCCCC1)S(=O)(=O)c1ccc(S(=O)(=O)N(CC(=O)Nc2ccccc2)CC2CCCO2)cc1. The number of benzene rings is 2. The zero-order valence-corrected chi connectivity index (χ0v) is 22.7. The highest BCUT2D eigenvalue weighted by molar-refractivity contribution is 7.89. The van der Waals surface area contributed by atoms with Crippen LogP contribution in [0, 0.1) is 0 Å². The van der Waals surface area contributed by atoms with Gasteiger partial charge in [0.05, 0.1) is 22.4 Å². The number of amides is 1. The van der Waals surface area contributed by atoms with Crippen LogP contribution in [0.3, 0.4) is 0 Å². The summed E-state index contributed by atoms with van der Waals surface area (Å²) in [7, 11) is -6.26. The van der Waals surface area contributed by atoms with Crippen LogP contribution in [-0.4, -0.2) is 70.2 Å². The molecule has 0 aromatic heterocycles. The maximum Gasteiger partial charge on any atom is 0.243 e. The van der Waals surface area contributed by atoms with Gasteiger partial charge >= 0.3 is 0 Å². The van der Waals surface area contributed by atoms with Gasteiger partial charge in [-0.05, 0) is 62.1 Å². The molecule has 1 aliphatic carbocycles. The lowest BCUT2D eigenvalue weighted by atomic mass is 9.96. The zero-order valence-electron chi connectivity index (χ0n) is 21.1. The normalized spacial score (nSPS) is 19.4. The van der Waals surface area contributed by atoms with Gasteiger partial charge in [-0.2, -0.15) is 8.61 Å². The second-order valence-electron chi connectivity index (χ2n) is 9.63. The van der Waals surface area contributed by atoms with E-state index in [1.54, 1.807) is 31.3 Å². The molecule has 1 N–H and O–H groups in total. The van der Waals surface area contributed by atoms with Crippen molar-refractivity contribution in [3.05, 3.63) is 54.6 Å². The van der Waals surface area contributed by atoms with Crippen molar-refractivity contribution < 1.29 is 26.4 Å². The topological polar surface area (TPSA) is 113 Å². The highest BCUT2D eigenvalue weighted by Gasteiger charge is 2.32. The van der Waals surface area contributed by atoms with E-state index in [0.29, 0.717) is 18.7 Å². The van der Waals surface area contributed by atoms with Crippen LogP contribution in [0.2, 0.25) is 0 Å². The second kappa shape index (κ2) is 12.0. The van der Waals surface area contributed by atoms with E-state index in [9.17, 15) is 21.6 Å². The van der Waals surface area contributed by atoms with Crippen molar-refractivity contribution in [2.75, 3.05) is 32.1 Å². The number of nitrogens with one attached hydrogen (secondary N) is 1. The molecule has 1 unspecified atom stereocenters. The van der Waals surface area contributed by atoms with E-state index >= 15 is 0 Å². The number of carbonyl (C=O) groups is 1. The van der Waals surface area contributed by atoms with Crippen molar-refractivity contribution in [1.82, 2.24) is 8.61 Å². The van der Waals surface area contributed by atoms with Gasteiger partial charge in [0.2, 0.25) is 26.0 Å². The van der Waals surface area contributed by atoms with Gasteiger partial charge in [0.25, 0.3) is 0 Å². The Bertz CT molecular complexity index is 1260. The first-order valence-electron chi connectivity index (χ1n) is 12.7. The van der Waals surface area contributed by atoms with Gasteiger partial charge < -0.3 is 10.1 Å². The Morgan fingerprint density at radius 2 is 1.49 bits per heavy atom. The average Bonchev–Trinajstić information content (AvgIpc) is 3.42. The summed E-state index contributed by atoms with van der Waals surface area (Å²) in [5.74, 6) is -0.471. The lowest BCUT2D eigenvalue weighted by Crippen LogP contribution is -2.42. The van der Waals surface area contributed by atoms with Gasteiger partial charge in [0, 0.05) is 31.9 Å². The second-order valence-corrected chi connectivity index (χ2v) is 13.6. The summed E-state index contributed by atoms with van der Waals surface area (Å²) in [4.78, 5) is 12.7. The van der Waals surface area contributed by atoms with E-state index in [2.05, 4.69) is 5.32 Å². The first-order chi connectivity index (χ1) is 17.7. The van der Waals surface area contributed by atoms with Crippen LogP contribution >= 0.6 is 0 Å². The average molecular weight is 550 g/mol. The predicted octanol–water partition coefficient (Wildman–Crippen LogP) is 3.45. The predicted molar refractivity (Wildman–Crippen MR) is 141 cm³/mol. The third-order valence-electron chi connectivity index (χ3n) is 7.04. The minimum absolute atomic E-state index is 0.0367. The van der Waals surface area contributed by atoms with E-state index < -0.39 is 26.0 Å². The van der Waals surface area contributed by atoms with Crippen LogP contribution in [0.15, 0.2) is 64.4 Å². The quantitative estimate of drug-likeness (QED) is 0.486. The fourth-order valence-corrected chi connectivity index (χ4v) is 7.73. The van der Waals surface area contributed by atoms with Crippen LogP contribution in [0.1, 0.15) is 44.9 Å². The molecule has 1 saturated carbocycles. The first kappa shape index (κ1) is 27.7. The van der Waals surface area contributed by atoms with Crippen LogP contribution < -0.4 is 5.32 Å². The number of anilines is 1. The zero-order chi connectivity index (χ0) is 26.5. The molecule has 2 aliphatic rings. The van der Waals surface area contributed by atoms with E-state index in [1.807, 2.05) is 6.07 Å². The number of ether oxygens (including phenoxy) is 1. The molecule has 1 amide bonds. The molecular weight excluding hydrogens is 514 g/mol. The minimum Gasteiger partial charge on any atom is -0.377 e. The summed E-state index contributed by atoms with van der Waals surface area (Å²) in [5.41, 5.74) is 0.568. The molecule has 2 fully saturated rings. The molecule has 37 heavy (non-hydrogen) atoms. The van der Waals surface area contributed by atoms with Gasteiger partial charge in [0.15, 0.2) is 0 Å². The van der Waals surface area contributed by atoms with Crippen molar-refractivity contribution in [3.8, 4) is 0 Å². The van der Waals surface area contributed by atoms with Crippen molar-refractivity contribution in [2.45, 2.75) is 66.9 Å². The molecule has 1 aliphatic heterocycles. The number of nitrogens with zero attached hydrogens (tertiary/aromatic N) is 2. The summed E-state index contributed by atoms with van der Waals surface area (Å²) >= 11 is 0. The highest BCUT2D eigenvalue weighted by atomic mass is 32.2. The smallest absolute Gasteiger partial charge is 0.243 e. The Kier molecular flexibility index (Phi) is 9.02. The molecular formula is C26H35N3O6S2. The molecule has 0 radical (unpaired) electrons. The third kappa shape index (κ3) is 6.77. The molecule has 4 rings (SSSR count). The molecule has 0 bridgehead atoms. The van der Waals surface area contributed by atoms with Crippen molar-refractivity contribution in [1.29, 1.82) is 0 Å². The lowest BCUT2D eigenvalue weighted by Gasteiger charge is -2.30. The largest absolute Gasteiger partial charge is 0.377 e. The van der Waals surface area contributed by atoms with E-state index in [0.717, 1.165) is 42.8 Å². The Hall–Kier alpha value is -2.31. The molecule has 1 heterocycles. The Morgan fingerprint density at radius 1 is 0.865 bits per heavy atom. The van der Waals surface area contributed by atoms with E-state index in [-0.39, 0.29) is 35.0 Å². The van der Waals surface area contributed by atoms with Gasteiger partial charge in [-0.1, -0.05) is 37.5 Å². The maximum absolute atomic E-state index is 13.6. The fraction of sp³-hybridized carbons (Fsp3) is 0.500. The van der Waals surface area contributed by atoms with Gasteiger partial charge in [-0.3, -0.25) is 4.79 Å². The Balaban J connectivity index is 1.53. The van der Waals surface area contributed by atoms with Crippen LogP contribution in [0.4, 0.5) is 5.69 Å².